The molecule has 0 saturated carbocycles. The molecule has 2 heterocycles. The largest absolute Gasteiger partial charge is 0.355 e. The van der Waals surface area contributed by atoms with Crippen LogP contribution in [0.5, 0.6) is 0 Å². The van der Waals surface area contributed by atoms with Gasteiger partial charge in [0, 0.05) is 31.0 Å². The lowest BCUT2D eigenvalue weighted by atomic mass is 10.1. The summed E-state index contributed by atoms with van der Waals surface area (Å²) in [4.78, 5) is 24.0. The lowest BCUT2D eigenvalue weighted by molar-refractivity contribution is 0.0961. The molecule has 1 fully saturated rings. The third kappa shape index (κ3) is 4.58. The molecule has 1 aliphatic rings. The molecule has 1 aromatic carbocycles. The van der Waals surface area contributed by atoms with Gasteiger partial charge in [-0.3, -0.25) is 14.3 Å². The Morgan fingerprint density at radius 3 is 2.84 bits per heavy atom. The number of nitrogens with zero attached hydrogens (tertiary/aromatic N) is 2. The first-order valence-corrected chi connectivity index (χ1v) is 8.07. The number of hydrogen-bond donors (Lipinski definition) is 3. The Balaban J connectivity index is 0.00000225. The Morgan fingerprint density at radius 1 is 1.28 bits per heavy atom. The minimum Gasteiger partial charge on any atom is -0.355 e. The average Bonchev–Trinajstić information content (AvgIpc) is 3.12. The van der Waals surface area contributed by atoms with Crippen LogP contribution in [0.2, 0.25) is 0 Å². The number of carbonyl (C=O) groups excluding carboxylic acids is 2. The molecular formula is C17H22ClN5O2. The number of rotatable bonds is 4. The normalized spacial score (nSPS) is 16.6. The van der Waals surface area contributed by atoms with E-state index in [9.17, 15) is 9.59 Å². The highest BCUT2D eigenvalue weighted by Gasteiger charge is 2.18. The van der Waals surface area contributed by atoms with Crippen molar-refractivity contribution in [3.63, 3.8) is 0 Å². The zero-order valence-electron chi connectivity index (χ0n) is 14.0. The highest BCUT2D eigenvalue weighted by Crippen LogP contribution is 2.17. The number of anilines is 1. The molecule has 25 heavy (non-hydrogen) atoms. The van der Waals surface area contributed by atoms with Crippen LogP contribution in [-0.2, 0) is 0 Å². The van der Waals surface area contributed by atoms with Gasteiger partial charge in [-0.25, -0.2) is 0 Å². The lowest BCUT2D eigenvalue weighted by Gasteiger charge is -2.22. The fourth-order valence-electron chi connectivity index (χ4n) is 2.80. The zero-order chi connectivity index (χ0) is 16.9. The lowest BCUT2D eigenvalue weighted by Crippen LogP contribution is -2.32. The van der Waals surface area contributed by atoms with E-state index in [1.807, 2.05) is 10.9 Å². The van der Waals surface area contributed by atoms with E-state index < -0.39 is 0 Å². The van der Waals surface area contributed by atoms with Gasteiger partial charge in [0.2, 0.25) is 0 Å². The molecule has 0 radical (unpaired) electrons. The third-order valence-corrected chi connectivity index (χ3v) is 4.10. The number of piperidine rings is 1. The van der Waals surface area contributed by atoms with Crippen molar-refractivity contribution in [1.29, 1.82) is 0 Å². The standard InChI is InChI=1S/C17H21N5O2.ClH/c1-18-16(23)12-4-2-5-13(10-12)20-17(24)15-7-9-22(21-15)14-6-3-8-19-11-14;/h2,4-5,7,9-10,14,19H,3,6,8,11H2,1H3,(H,18,23)(H,20,24);1H. The number of nitrogens with one attached hydrogen (secondary N) is 3. The van der Waals surface area contributed by atoms with Crippen molar-refractivity contribution in [2.75, 3.05) is 25.5 Å². The molecule has 1 atom stereocenters. The maximum absolute atomic E-state index is 12.4. The summed E-state index contributed by atoms with van der Waals surface area (Å²) in [5.74, 6) is -0.480. The van der Waals surface area contributed by atoms with Gasteiger partial charge in [0.25, 0.3) is 11.8 Å². The predicted molar refractivity (Wildman–Crippen MR) is 98.4 cm³/mol. The fraction of sp³-hybridized carbons (Fsp3) is 0.353. The highest BCUT2D eigenvalue weighted by atomic mass is 35.5. The predicted octanol–water partition coefficient (Wildman–Crippen LogP) is 1.84. The van der Waals surface area contributed by atoms with Crippen LogP contribution in [0.4, 0.5) is 5.69 Å². The maximum atomic E-state index is 12.4. The minimum absolute atomic E-state index is 0. The summed E-state index contributed by atoms with van der Waals surface area (Å²) in [7, 11) is 1.57. The smallest absolute Gasteiger partial charge is 0.276 e. The first kappa shape index (κ1) is 19.0. The molecule has 0 aliphatic carbocycles. The van der Waals surface area contributed by atoms with Gasteiger partial charge in [0.05, 0.1) is 6.04 Å². The van der Waals surface area contributed by atoms with E-state index in [0.717, 1.165) is 25.9 Å². The second-order valence-corrected chi connectivity index (χ2v) is 5.80. The van der Waals surface area contributed by atoms with Crippen LogP contribution >= 0.6 is 12.4 Å². The van der Waals surface area contributed by atoms with Gasteiger partial charge in [0.15, 0.2) is 5.69 Å². The number of amides is 2. The van der Waals surface area contributed by atoms with E-state index in [0.29, 0.717) is 16.9 Å². The SMILES string of the molecule is CNC(=O)c1cccc(NC(=O)c2ccn(C3CCCNC3)n2)c1.Cl. The summed E-state index contributed by atoms with van der Waals surface area (Å²) in [6.07, 6.45) is 4.01. The molecule has 2 amide bonds. The highest BCUT2D eigenvalue weighted by molar-refractivity contribution is 6.03. The molecule has 3 rings (SSSR count). The van der Waals surface area contributed by atoms with Crippen molar-refractivity contribution in [2.24, 2.45) is 0 Å². The molecule has 3 N–H and O–H groups in total. The van der Waals surface area contributed by atoms with Crippen LogP contribution < -0.4 is 16.0 Å². The summed E-state index contributed by atoms with van der Waals surface area (Å²) >= 11 is 0. The molecular weight excluding hydrogens is 342 g/mol. The van der Waals surface area contributed by atoms with Crippen molar-refractivity contribution in [1.82, 2.24) is 20.4 Å². The van der Waals surface area contributed by atoms with Crippen molar-refractivity contribution in [2.45, 2.75) is 18.9 Å². The monoisotopic (exact) mass is 363 g/mol. The Labute approximate surface area is 152 Å². The minimum atomic E-state index is -0.286. The fourth-order valence-corrected chi connectivity index (χ4v) is 2.80. The molecule has 134 valence electrons. The summed E-state index contributed by atoms with van der Waals surface area (Å²) in [5.41, 5.74) is 1.43. The Hall–Kier alpha value is -2.38. The first-order chi connectivity index (χ1) is 11.7. The van der Waals surface area contributed by atoms with Crippen molar-refractivity contribution in [3.8, 4) is 0 Å². The maximum Gasteiger partial charge on any atom is 0.276 e. The molecule has 7 nitrogen and oxygen atoms in total. The van der Waals surface area contributed by atoms with Gasteiger partial charge in [-0.2, -0.15) is 5.10 Å². The van der Waals surface area contributed by atoms with Crippen molar-refractivity contribution in [3.05, 3.63) is 47.8 Å². The number of aromatic nitrogens is 2. The number of benzene rings is 1. The Bertz CT molecular complexity index is 740. The first-order valence-electron chi connectivity index (χ1n) is 8.07. The summed E-state index contributed by atoms with van der Waals surface area (Å²) < 4.78 is 1.85. The van der Waals surface area contributed by atoms with Crippen molar-refractivity contribution >= 4 is 29.9 Å². The summed E-state index contributed by atoms with van der Waals surface area (Å²) in [5, 5.41) is 13.1. The Kier molecular flexibility index (Phi) is 6.55. The molecule has 1 unspecified atom stereocenters. The van der Waals surface area contributed by atoms with Gasteiger partial charge >= 0.3 is 0 Å². The average molecular weight is 364 g/mol. The zero-order valence-corrected chi connectivity index (χ0v) is 14.8. The van der Waals surface area contributed by atoms with Gasteiger partial charge in [-0.15, -0.1) is 12.4 Å². The molecule has 8 heteroatoms. The van der Waals surface area contributed by atoms with E-state index >= 15 is 0 Å². The number of halogens is 1. The van der Waals surface area contributed by atoms with Crippen LogP contribution in [0, 0.1) is 0 Å². The van der Waals surface area contributed by atoms with Crippen LogP contribution in [0.1, 0.15) is 39.7 Å². The molecule has 1 saturated heterocycles. The molecule has 0 spiro atoms. The van der Waals surface area contributed by atoms with Crippen LogP contribution in [0.15, 0.2) is 36.5 Å². The van der Waals surface area contributed by atoms with Crippen molar-refractivity contribution < 1.29 is 9.59 Å². The van der Waals surface area contributed by atoms with Crippen LogP contribution in [0.25, 0.3) is 0 Å². The second kappa shape index (κ2) is 8.64. The van der Waals surface area contributed by atoms with E-state index in [1.54, 1.807) is 37.4 Å². The number of carbonyl (C=O) groups is 2. The van der Waals surface area contributed by atoms with Gasteiger partial charge < -0.3 is 16.0 Å². The Morgan fingerprint density at radius 2 is 2.12 bits per heavy atom. The molecule has 1 aliphatic heterocycles. The molecule has 2 aromatic rings. The van der Waals surface area contributed by atoms with Gasteiger partial charge in [-0.1, -0.05) is 6.07 Å². The van der Waals surface area contributed by atoms with Crippen LogP contribution in [0.3, 0.4) is 0 Å². The van der Waals surface area contributed by atoms with E-state index in [2.05, 4.69) is 21.0 Å². The molecule has 1 aromatic heterocycles. The van der Waals surface area contributed by atoms with Gasteiger partial charge in [0.1, 0.15) is 0 Å². The second-order valence-electron chi connectivity index (χ2n) is 5.80. The van der Waals surface area contributed by atoms with Gasteiger partial charge in [-0.05, 0) is 43.7 Å². The quantitative estimate of drug-likeness (QED) is 0.773. The third-order valence-electron chi connectivity index (χ3n) is 4.10. The number of hydrogen-bond acceptors (Lipinski definition) is 4. The summed E-state index contributed by atoms with van der Waals surface area (Å²) in [6.45, 7) is 1.91. The van der Waals surface area contributed by atoms with E-state index in [4.69, 9.17) is 0 Å². The topological polar surface area (TPSA) is 88.0 Å². The van der Waals surface area contributed by atoms with Crippen LogP contribution in [-0.4, -0.2) is 41.7 Å². The van der Waals surface area contributed by atoms with E-state index in [1.165, 1.54) is 0 Å². The van der Waals surface area contributed by atoms with E-state index in [-0.39, 0.29) is 30.3 Å². The molecule has 0 bridgehead atoms. The summed E-state index contributed by atoms with van der Waals surface area (Å²) in [6, 6.07) is 8.81.